The zero-order valence-electron chi connectivity index (χ0n) is 14.4. The van der Waals surface area contributed by atoms with Crippen molar-refractivity contribution in [3.05, 3.63) is 35.0 Å². The van der Waals surface area contributed by atoms with Crippen LogP contribution in [-0.2, 0) is 31.2 Å². The van der Waals surface area contributed by atoms with Crippen LogP contribution < -0.4 is 5.32 Å². The van der Waals surface area contributed by atoms with Crippen molar-refractivity contribution in [1.82, 2.24) is 25.2 Å². The Morgan fingerprint density at radius 2 is 2.24 bits per heavy atom. The van der Waals surface area contributed by atoms with Gasteiger partial charge in [-0.15, -0.1) is 0 Å². The summed E-state index contributed by atoms with van der Waals surface area (Å²) in [4.78, 5) is 14.7. The van der Waals surface area contributed by atoms with Gasteiger partial charge >= 0.3 is 0 Å². The average molecular weight is 345 g/mol. The van der Waals surface area contributed by atoms with Gasteiger partial charge in [0.2, 0.25) is 0 Å². The van der Waals surface area contributed by atoms with Crippen molar-refractivity contribution in [2.24, 2.45) is 7.05 Å². The van der Waals surface area contributed by atoms with E-state index in [1.165, 1.54) is 0 Å². The second-order valence-electron chi connectivity index (χ2n) is 6.67. The highest BCUT2D eigenvalue weighted by Gasteiger charge is 2.28. The number of carbonyl (C=O) groups excluding carboxylic acids is 1. The molecule has 0 radical (unpaired) electrons. The first-order valence-corrected chi connectivity index (χ1v) is 8.76. The summed E-state index contributed by atoms with van der Waals surface area (Å²) in [6.45, 7) is 4.15. The number of carbonyl (C=O) groups is 1. The van der Waals surface area contributed by atoms with E-state index < -0.39 is 0 Å². The van der Waals surface area contributed by atoms with Gasteiger partial charge in [0, 0.05) is 50.9 Å². The van der Waals surface area contributed by atoms with E-state index in [0.717, 1.165) is 69.1 Å². The van der Waals surface area contributed by atoms with Gasteiger partial charge < -0.3 is 14.6 Å². The number of rotatable bonds is 4. The number of fused-ring (bicyclic) bond motifs is 1. The molecule has 1 N–H and O–H groups in total. The minimum atomic E-state index is -0.0837. The highest BCUT2D eigenvalue weighted by atomic mass is 16.5. The van der Waals surface area contributed by atoms with Gasteiger partial charge in [-0.1, -0.05) is 5.16 Å². The maximum atomic E-state index is 12.4. The molecule has 1 fully saturated rings. The molecule has 2 aromatic rings. The highest BCUT2D eigenvalue weighted by molar-refractivity contribution is 5.92. The van der Waals surface area contributed by atoms with Crippen molar-refractivity contribution in [2.75, 3.05) is 26.3 Å². The zero-order chi connectivity index (χ0) is 17.2. The molecule has 0 bridgehead atoms. The van der Waals surface area contributed by atoms with E-state index in [1.807, 2.05) is 0 Å². The summed E-state index contributed by atoms with van der Waals surface area (Å²) >= 11 is 0. The first-order valence-electron chi connectivity index (χ1n) is 8.76. The van der Waals surface area contributed by atoms with Gasteiger partial charge in [-0.2, -0.15) is 5.10 Å². The van der Waals surface area contributed by atoms with Crippen LogP contribution in [0, 0.1) is 0 Å². The van der Waals surface area contributed by atoms with Crippen LogP contribution in [0.1, 0.15) is 33.9 Å². The lowest BCUT2D eigenvalue weighted by Crippen LogP contribution is -2.40. The number of nitrogens with one attached hydrogen (secondary N) is 1. The monoisotopic (exact) mass is 345 g/mol. The van der Waals surface area contributed by atoms with E-state index in [1.54, 1.807) is 24.0 Å². The zero-order valence-corrected chi connectivity index (χ0v) is 14.4. The molecule has 1 amide bonds. The number of hydrogen-bond acceptors (Lipinski definition) is 6. The van der Waals surface area contributed by atoms with Crippen LogP contribution in [0.4, 0.5) is 0 Å². The van der Waals surface area contributed by atoms with Crippen LogP contribution in [0.15, 0.2) is 16.8 Å². The Morgan fingerprint density at radius 1 is 1.40 bits per heavy atom. The molecule has 8 heteroatoms. The molecule has 2 aromatic heterocycles. The number of aryl methyl sites for hydroxylation is 2. The molecule has 0 aromatic carbocycles. The van der Waals surface area contributed by atoms with Crippen molar-refractivity contribution in [3.8, 4) is 0 Å². The number of morpholine rings is 1. The molecule has 0 spiro atoms. The average Bonchev–Trinajstić information content (AvgIpc) is 3.22. The Labute approximate surface area is 146 Å². The van der Waals surface area contributed by atoms with Gasteiger partial charge in [0.25, 0.3) is 5.91 Å². The van der Waals surface area contributed by atoms with Crippen LogP contribution in [0.5, 0.6) is 0 Å². The van der Waals surface area contributed by atoms with Crippen molar-refractivity contribution in [2.45, 2.75) is 31.8 Å². The Hall–Kier alpha value is -2.19. The Bertz CT molecular complexity index is 747. The fraction of sp³-hybridized carbons (Fsp3) is 0.588. The maximum absolute atomic E-state index is 12.4. The molecule has 8 nitrogen and oxygen atoms in total. The van der Waals surface area contributed by atoms with Gasteiger partial charge in [0.15, 0.2) is 0 Å². The normalized spacial score (nSPS) is 21.1. The van der Waals surface area contributed by atoms with Crippen LogP contribution >= 0.6 is 0 Å². The summed E-state index contributed by atoms with van der Waals surface area (Å²) < 4.78 is 12.5. The van der Waals surface area contributed by atoms with Crippen molar-refractivity contribution < 1.29 is 14.1 Å². The van der Waals surface area contributed by atoms with Gasteiger partial charge in [0.1, 0.15) is 17.1 Å². The maximum Gasteiger partial charge on any atom is 0.269 e. The minimum Gasteiger partial charge on any atom is -0.379 e. The second kappa shape index (κ2) is 6.97. The lowest BCUT2D eigenvalue weighted by atomic mass is 9.91. The Kier molecular flexibility index (Phi) is 4.54. The molecular formula is C17H23N5O3. The molecule has 1 aliphatic heterocycles. The van der Waals surface area contributed by atoms with Crippen LogP contribution in [0.2, 0.25) is 0 Å². The minimum absolute atomic E-state index is 0.0837. The van der Waals surface area contributed by atoms with Crippen molar-refractivity contribution >= 4 is 5.91 Å². The number of amides is 1. The quantitative estimate of drug-likeness (QED) is 0.870. The molecule has 1 saturated heterocycles. The summed E-state index contributed by atoms with van der Waals surface area (Å²) in [6, 6.07) is 1.82. The van der Waals surface area contributed by atoms with Crippen molar-refractivity contribution in [3.63, 3.8) is 0 Å². The smallest absolute Gasteiger partial charge is 0.269 e. The molecule has 134 valence electrons. The molecule has 0 saturated carbocycles. The van der Waals surface area contributed by atoms with Gasteiger partial charge in [-0.05, 0) is 18.9 Å². The van der Waals surface area contributed by atoms with E-state index in [-0.39, 0.29) is 11.9 Å². The van der Waals surface area contributed by atoms with Crippen molar-refractivity contribution in [1.29, 1.82) is 0 Å². The fourth-order valence-electron chi connectivity index (χ4n) is 3.54. The summed E-state index contributed by atoms with van der Waals surface area (Å²) in [6.07, 6.45) is 4.07. The summed E-state index contributed by atoms with van der Waals surface area (Å²) in [5, 5.41) is 11.5. The predicted octanol–water partition coefficient (Wildman–Crippen LogP) is 0.528. The first-order chi connectivity index (χ1) is 12.2. The lowest BCUT2D eigenvalue weighted by molar-refractivity contribution is 0.0331. The highest BCUT2D eigenvalue weighted by Crippen LogP contribution is 2.26. The lowest BCUT2D eigenvalue weighted by Gasteiger charge is -2.27. The van der Waals surface area contributed by atoms with E-state index in [2.05, 4.69) is 20.5 Å². The fourth-order valence-corrected chi connectivity index (χ4v) is 3.54. The van der Waals surface area contributed by atoms with E-state index in [4.69, 9.17) is 9.26 Å². The number of ether oxygens (including phenoxy) is 1. The molecule has 1 atom stereocenters. The van der Waals surface area contributed by atoms with Crippen LogP contribution in [0.25, 0.3) is 0 Å². The summed E-state index contributed by atoms with van der Waals surface area (Å²) in [5.41, 5.74) is 2.73. The van der Waals surface area contributed by atoms with E-state index in [0.29, 0.717) is 5.69 Å². The SMILES string of the molecule is Cn1nccc1C(=O)NC1CCc2onc(CN3CCOCC3)c2C1. The topological polar surface area (TPSA) is 85.4 Å². The largest absolute Gasteiger partial charge is 0.379 e. The standard InChI is InChI=1S/C17H23N5O3/c1-21-15(4-5-18-21)17(23)19-12-2-3-16-13(10-12)14(20-25-16)11-22-6-8-24-9-7-22/h4-5,12H,2-3,6-11H2,1H3,(H,19,23). The summed E-state index contributed by atoms with van der Waals surface area (Å²) in [7, 11) is 1.77. The molecular weight excluding hydrogens is 322 g/mol. The molecule has 2 aliphatic rings. The first kappa shape index (κ1) is 16.3. The number of nitrogens with zero attached hydrogens (tertiary/aromatic N) is 4. The third-order valence-electron chi connectivity index (χ3n) is 4.99. The van der Waals surface area contributed by atoms with Crippen LogP contribution in [0.3, 0.4) is 0 Å². The van der Waals surface area contributed by atoms with Gasteiger partial charge in [-0.3, -0.25) is 14.4 Å². The Morgan fingerprint density at radius 3 is 3.00 bits per heavy atom. The molecule has 1 unspecified atom stereocenters. The van der Waals surface area contributed by atoms with Gasteiger partial charge in [-0.25, -0.2) is 0 Å². The van der Waals surface area contributed by atoms with E-state index >= 15 is 0 Å². The number of aromatic nitrogens is 3. The third kappa shape index (κ3) is 3.45. The molecule has 1 aliphatic carbocycles. The van der Waals surface area contributed by atoms with E-state index in [9.17, 15) is 4.79 Å². The molecule has 4 rings (SSSR count). The predicted molar refractivity (Wildman–Crippen MR) is 89.1 cm³/mol. The molecule has 25 heavy (non-hydrogen) atoms. The number of hydrogen-bond donors (Lipinski definition) is 1. The van der Waals surface area contributed by atoms with Crippen LogP contribution in [-0.4, -0.2) is 58.1 Å². The third-order valence-corrected chi connectivity index (χ3v) is 4.99. The van der Waals surface area contributed by atoms with Gasteiger partial charge in [0.05, 0.1) is 13.2 Å². The second-order valence-corrected chi connectivity index (χ2v) is 6.67. The Balaban J connectivity index is 1.42. The molecule has 3 heterocycles. The summed E-state index contributed by atoms with van der Waals surface area (Å²) in [5.74, 6) is 0.883.